The molecule has 0 N–H and O–H groups in total. The zero-order chi connectivity index (χ0) is 24.5. The van der Waals surface area contributed by atoms with Gasteiger partial charge in [-0.25, -0.2) is 9.37 Å². The minimum absolute atomic E-state index is 0.0735. The quantitative estimate of drug-likeness (QED) is 0.208. The van der Waals surface area contributed by atoms with Crippen LogP contribution in [0.1, 0.15) is 11.6 Å². The van der Waals surface area contributed by atoms with Gasteiger partial charge in [-0.2, -0.15) is 0 Å². The topological polar surface area (TPSA) is 91.2 Å². The van der Waals surface area contributed by atoms with Crippen LogP contribution in [0.4, 0.5) is 10.1 Å². The lowest BCUT2D eigenvalue weighted by Gasteiger charge is -2.12. The van der Waals surface area contributed by atoms with Crippen molar-refractivity contribution in [1.82, 2.24) is 9.55 Å². The highest BCUT2D eigenvalue weighted by Gasteiger charge is 2.17. The van der Waals surface area contributed by atoms with E-state index in [2.05, 4.69) is 4.98 Å². The maximum atomic E-state index is 13.8. The Labute approximate surface area is 202 Å². The molecule has 0 saturated carbocycles. The average Bonchev–Trinajstić information content (AvgIpc) is 3.34. The van der Waals surface area contributed by atoms with Crippen molar-refractivity contribution in [3.63, 3.8) is 0 Å². The highest BCUT2D eigenvalue weighted by atomic mass is 35.5. The third kappa shape index (κ3) is 4.22. The molecule has 0 aliphatic heterocycles. The van der Waals surface area contributed by atoms with Crippen molar-refractivity contribution in [3.8, 4) is 17.0 Å². The van der Waals surface area contributed by atoms with Gasteiger partial charge in [0.05, 0.1) is 32.1 Å². The molecule has 0 radical (unpaired) electrons. The number of aromatic nitrogens is 2. The van der Waals surface area contributed by atoms with Crippen molar-refractivity contribution in [2.45, 2.75) is 0 Å². The number of halogens is 2. The zero-order valence-corrected chi connectivity index (χ0v) is 18.6. The van der Waals surface area contributed by atoms with Gasteiger partial charge in [-0.05, 0) is 60.7 Å². The fourth-order valence-electron chi connectivity index (χ4n) is 3.72. The molecule has 3 aromatic carbocycles. The normalized spacial score (nSPS) is 11.4. The van der Waals surface area contributed by atoms with E-state index in [0.29, 0.717) is 33.7 Å². The van der Waals surface area contributed by atoms with Gasteiger partial charge >= 0.3 is 0 Å². The molecular formula is C26H15ClFN3O4. The van der Waals surface area contributed by atoms with E-state index in [1.807, 2.05) is 0 Å². The lowest BCUT2D eigenvalue weighted by atomic mass is 10.1. The van der Waals surface area contributed by atoms with E-state index < -0.39 is 10.7 Å². The van der Waals surface area contributed by atoms with Gasteiger partial charge in [-0.15, -0.1) is 0 Å². The van der Waals surface area contributed by atoms with E-state index in [-0.39, 0.29) is 22.1 Å². The number of rotatable bonds is 5. The molecule has 2 aromatic heterocycles. The number of nitro groups is 1. The third-order valence-electron chi connectivity index (χ3n) is 5.35. The van der Waals surface area contributed by atoms with Crippen LogP contribution in [-0.4, -0.2) is 14.5 Å². The van der Waals surface area contributed by atoms with E-state index >= 15 is 0 Å². The van der Waals surface area contributed by atoms with E-state index in [0.717, 1.165) is 0 Å². The highest BCUT2D eigenvalue weighted by molar-refractivity contribution is 6.30. The van der Waals surface area contributed by atoms with Crippen LogP contribution in [0.15, 0.2) is 88.1 Å². The lowest BCUT2D eigenvalue weighted by Crippen LogP contribution is -2.22. The minimum atomic E-state index is -0.604. The molecule has 2 heterocycles. The Balaban J connectivity index is 1.61. The SMILES string of the molecule is O=c1c2ccccc2nc(C=Cc2ccc(-c3ccccc3[N+](=O)[O-])o2)n1-c1ccc(F)c(Cl)c1. The maximum Gasteiger partial charge on any atom is 0.280 e. The number of para-hydroxylation sites is 2. The summed E-state index contributed by atoms with van der Waals surface area (Å²) in [6.45, 7) is 0. The summed E-state index contributed by atoms with van der Waals surface area (Å²) in [6, 6.07) is 20.4. The predicted molar refractivity (Wildman–Crippen MR) is 132 cm³/mol. The third-order valence-corrected chi connectivity index (χ3v) is 5.64. The molecule has 0 bridgehead atoms. The number of hydrogen-bond acceptors (Lipinski definition) is 5. The fraction of sp³-hybridized carbons (Fsp3) is 0. The Bertz CT molecular complexity index is 1690. The number of hydrogen-bond donors (Lipinski definition) is 0. The Morgan fingerprint density at radius 2 is 1.77 bits per heavy atom. The summed E-state index contributed by atoms with van der Waals surface area (Å²) in [6.07, 6.45) is 3.17. The first-order chi connectivity index (χ1) is 16.9. The van der Waals surface area contributed by atoms with Gasteiger partial charge in [0.25, 0.3) is 11.2 Å². The summed E-state index contributed by atoms with van der Waals surface area (Å²) in [5, 5.41) is 11.6. The molecule has 0 atom stereocenters. The van der Waals surface area contributed by atoms with Crippen LogP contribution < -0.4 is 5.56 Å². The first-order valence-electron chi connectivity index (χ1n) is 10.4. The first-order valence-corrected chi connectivity index (χ1v) is 10.8. The molecule has 35 heavy (non-hydrogen) atoms. The second-order valence-corrected chi connectivity index (χ2v) is 7.94. The molecule has 0 saturated heterocycles. The summed E-state index contributed by atoms with van der Waals surface area (Å²) >= 11 is 5.96. The van der Waals surface area contributed by atoms with Gasteiger partial charge in [-0.1, -0.05) is 35.9 Å². The second kappa shape index (κ2) is 9.00. The second-order valence-electron chi connectivity index (χ2n) is 7.54. The van der Waals surface area contributed by atoms with Crippen LogP contribution in [0.2, 0.25) is 5.02 Å². The molecule has 0 amide bonds. The van der Waals surface area contributed by atoms with Crippen molar-refractivity contribution < 1.29 is 13.7 Å². The number of nitrogens with zero attached hydrogens (tertiary/aromatic N) is 3. The predicted octanol–water partition coefficient (Wildman–Crippen LogP) is 6.52. The molecule has 7 nitrogen and oxygen atoms in total. The molecule has 5 rings (SSSR count). The lowest BCUT2D eigenvalue weighted by molar-refractivity contribution is -0.384. The summed E-state index contributed by atoms with van der Waals surface area (Å²) in [7, 11) is 0. The summed E-state index contributed by atoms with van der Waals surface area (Å²) in [5.74, 6) is 0.378. The molecule has 0 aliphatic rings. The van der Waals surface area contributed by atoms with Crippen molar-refractivity contribution in [1.29, 1.82) is 0 Å². The number of furan rings is 1. The largest absolute Gasteiger partial charge is 0.456 e. The Morgan fingerprint density at radius 1 is 1.00 bits per heavy atom. The first kappa shape index (κ1) is 22.2. The number of fused-ring (bicyclic) bond motifs is 1. The number of benzene rings is 3. The van der Waals surface area contributed by atoms with E-state index in [1.54, 1.807) is 66.7 Å². The molecule has 172 valence electrons. The standard InChI is InChI=1S/C26H15ClFN3O4/c27-20-15-16(9-12-21(20)28)30-25(29-22-7-3-1-5-18(22)26(30)32)14-11-17-10-13-24(35-17)19-6-2-4-8-23(19)31(33)34/h1-15H. The highest BCUT2D eigenvalue weighted by Crippen LogP contribution is 2.31. The van der Waals surface area contributed by atoms with Gasteiger partial charge in [0.1, 0.15) is 23.2 Å². The molecule has 0 fully saturated rings. The molecule has 9 heteroatoms. The molecule has 0 aliphatic carbocycles. The van der Waals surface area contributed by atoms with Crippen LogP contribution in [0.25, 0.3) is 40.1 Å². The monoisotopic (exact) mass is 487 g/mol. The smallest absolute Gasteiger partial charge is 0.280 e. The van der Waals surface area contributed by atoms with Gasteiger partial charge in [0, 0.05) is 6.07 Å². The van der Waals surface area contributed by atoms with Crippen molar-refractivity contribution in [3.05, 3.63) is 122 Å². The van der Waals surface area contributed by atoms with E-state index in [4.69, 9.17) is 16.0 Å². The van der Waals surface area contributed by atoms with Crippen LogP contribution >= 0.6 is 11.6 Å². The Morgan fingerprint density at radius 3 is 2.57 bits per heavy atom. The average molecular weight is 488 g/mol. The van der Waals surface area contributed by atoms with Crippen molar-refractivity contribution in [2.75, 3.05) is 0 Å². The Kier molecular flexibility index (Phi) is 5.72. The van der Waals surface area contributed by atoms with Crippen molar-refractivity contribution in [2.24, 2.45) is 0 Å². The summed E-state index contributed by atoms with van der Waals surface area (Å²) in [4.78, 5) is 28.8. The van der Waals surface area contributed by atoms with Gasteiger partial charge in [-0.3, -0.25) is 19.5 Å². The van der Waals surface area contributed by atoms with Crippen LogP contribution in [0.3, 0.4) is 0 Å². The minimum Gasteiger partial charge on any atom is -0.456 e. The summed E-state index contributed by atoms with van der Waals surface area (Å²) in [5.41, 5.74) is 0.758. The molecular weight excluding hydrogens is 473 g/mol. The molecule has 0 unspecified atom stereocenters. The maximum absolute atomic E-state index is 13.8. The van der Waals surface area contributed by atoms with Crippen LogP contribution in [0.5, 0.6) is 0 Å². The zero-order valence-electron chi connectivity index (χ0n) is 17.9. The summed E-state index contributed by atoms with van der Waals surface area (Å²) < 4.78 is 20.9. The van der Waals surface area contributed by atoms with Crippen LogP contribution in [0, 0.1) is 15.9 Å². The van der Waals surface area contributed by atoms with E-state index in [1.165, 1.54) is 28.8 Å². The van der Waals surface area contributed by atoms with E-state index in [9.17, 15) is 19.3 Å². The fourth-order valence-corrected chi connectivity index (χ4v) is 3.90. The Hall–Kier alpha value is -4.56. The number of nitro benzene ring substituents is 1. The van der Waals surface area contributed by atoms with Crippen molar-refractivity contribution >= 4 is 40.3 Å². The van der Waals surface area contributed by atoms with Gasteiger partial charge < -0.3 is 4.42 Å². The van der Waals surface area contributed by atoms with Crippen LogP contribution in [-0.2, 0) is 0 Å². The molecule has 5 aromatic rings. The van der Waals surface area contributed by atoms with Gasteiger partial charge in [0.2, 0.25) is 0 Å². The van der Waals surface area contributed by atoms with Gasteiger partial charge in [0.15, 0.2) is 0 Å². The molecule has 0 spiro atoms.